The van der Waals surface area contributed by atoms with Crippen LogP contribution >= 0.6 is 0 Å². The van der Waals surface area contributed by atoms with Gasteiger partial charge in [0.25, 0.3) is 11.3 Å². The third kappa shape index (κ3) is 2.01. The smallest absolute Gasteiger partial charge is 0.250 e. The van der Waals surface area contributed by atoms with Crippen LogP contribution in [0.15, 0.2) is 30.5 Å². The molecule has 0 radical (unpaired) electrons. The van der Waals surface area contributed by atoms with E-state index in [0.717, 1.165) is 11.1 Å². The molecule has 0 saturated heterocycles. The van der Waals surface area contributed by atoms with Crippen LogP contribution in [0.1, 0.15) is 11.1 Å². The highest BCUT2D eigenvalue weighted by atomic mass is 32.2. The summed E-state index contributed by atoms with van der Waals surface area (Å²) in [6.45, 7) is 0.596. The van der Waals surface area contributed by atoms with E-state index < -0.39 is 11.3 Å². The van der Waals surface area contributed by atoms with Gasteiger partial charge in [-0.05, 0) is 17.2 Å². The van der Waals surface area contributed by atoms with Gasteiger partial charge in [-0.2, -0.15) is 0 Å². The van der Waals surface area contributed by atoms with Gasteiger partial charge < -0.3 is 0 Å². The Bertz CT molecular complexity index is 392. The molecular formula is C9H10N2O2S. The average Bonchev–Trinajstić information content (AvgIpc) is 2.17. The lowest BCUT2D eigenvalue weighted by Gasteiger charge is -2.23. The van der Waals surface area contributed by atoms with Crippen molar-refractivity contribution >= 4 is 17.3 Å². The van der Waals surface area contributed by atoms with Gasteiger partial charge in [-0.15, -0.1) is 4.83 Å². The number of fused-ring (bicyclic) bond motifs is 1. The van der Waals surface area contributed by atoms with Crippen LogP contribution in [0.3, 0.4) is 0 Å². The van der Waals surface area contributed by atoms with Crippen LogP contribution in [0.2, 0.25) is 0 Å². The van der Waals surface area contributed by atoms with Gasteiger partial charge in [0.15, 0.2) is 0 Å². The highest BCUT2D eigenvalue weighted by Gasteiger charge is 2.10. The molecule has 4 nitrogen and oxygen atoms in total. The predicted molar refractivity (Wildman–Crippen MR) is 54.9 cm³/mol. The molecule has 0 aromatic heterocycles. The number of benzene rings is 1. The predicted octanol–water partition coefficient (Wildman–Crippen LogP) is 1.11. The summed E-state index contributed by atoms with van der Waals surface area (Å²) >= 11 is -2.02. The largest absolute Gasteiger partial charge is 0.298 e. The first-order valence-corrected chi connectivity index (χ1v) is 5.26. The summed E-state index contributed by atoms with van der Waals surface area (Å²) in [5.74, 6) is 0. The number of nitrogens with one attached hydrogen (secondary N) is 1. The molecule has 1 aromatic carbocycles. The van der Waals surface area contributed by atoms with Gasteiger partial charge in [0.05, 0.1) is 6.54 Å². The Morgan fingerprint density at radius 2 is 2.21 bits per heavy atom. The minimum absolute atomic E-state index is 0.596. The van der Waals surface area contributed by atoms with Crippen molar-refractivity contribution in [1.29, 1.82) is 0 Å². The molecule has 1 heterocycles. The molecule has 2 rings (SSSR count). The number of hydrogen-bond donors (Lipinski definition) is 2. The molecule has 1 aliphatic rings. The fourth-order valence-electron chi connectivity index (χ4n) is 1.41. The Morgan fingerprint density at radius 3 is 3.00 bits per heavy atom. The van der Waals surface area contributed by atoms with Crippen molar-refractivity contribution in [2.24, 2.45) is 0 Å². The van der Waals surface area contributed by atoms with Gasteiger partial charge in [-0.25, -0.2) is 4.21 Å². The number of nitrogens with zero attached hydrogens (tertiary/aromatic N) is 1. The topological polar surface area (TPSA) is 52.6 Å². The van der Waals surface area contributed by atoms with Crippen LogP contribution in [0, 0.1) is 0 Å². The summed E-state index contributed by atoms with van der Waals surface area (Å²) in [6, 6.07) is 7.93. The summed E-state index contributed by atoms with van der Waals surface area (Å²) < 4.78 is 19.1. The van der Waals surface area contributed by atoms with Gasteiger partial charge in [0.2, 0.25) is 0 Å². The molecule has 1 aromatic rings. The standard InChI is InChI=1S/C9H10N2O2S/c12-14(13)10-11-6-5-8-3-1-2-4-9(8)7-11/h1-6,10H,7H2,(H,12,13). The molecule has 5 heteroatoms. The third-order valence-corrected chi connectivity index (χ3v) is 2.42. The van der Waals surface area contributed by atoms with Crippen molar-refractivity contribution in [3.05, 3.63) is 41.6 Å². The number of hydrogen-bond acceptors (Lipinski definition) is 2. The molecule has 0 bridgehead atoms. The van der Waals surface area contributed by atoms with Gasteiger partial charge in [-0.3, -0.25) is 9.56 Å². The van der Waals surface area contributed by atoms with E-state index >= 15 is 0 Å². The molecule has 0 spiro atoms. The van der Waals surface area contributed by atoms with Crippen LogP contribution in [-0.2, 0) is 17.8 Å². The first-order chi connectivity index (χ1) is 6.75. The van der Waals surface area contributed by atoms with Crippen molar-refractivity contribution in [3.63, 3.8) is 0 Å². The zero-order valence-corrected chi connectivity index (χ0v) is 8.20. The molecule has 0 amide bonds. The van der Waals surface area contributed by atoms with E-state index in [-0.39, 0.29) is 0 Å². The Morgan fingerprint density at radius 1 is 1.43 bits per heavy atom. The average molecular weight is 210 g/mol. The molecule has 0 aliphatic carbocycles. The monoisotopic (exact) mass is 210 g/mol. The Labute approximate surface area is 84.6 Å². The molecule has 2 N–H and O–H groups in total. The van der Waals surface area contributed by atoms with E-state index in [0.29, 0.717) is 6.54 Å². The maximum atomic E-state index is 10.5. The highest BCUT2D eigenvalue weighted by Crippen LogP contribution is 2.17. The molecule has 1 atom stereocenters. The zero-order chi connectivity index (χ0) is 9.97. The summed E-state index contributed by atoms with van der Waals surface area (Å²) in [5.41, 5.74) is 2.28. The number of rotatable bonds is 2. The molecule has 0 saturated carbocycles. The van der Waals surface area contributed by atoms with E-state index in [9.17, 15) is 4.21 Å². The van der Waals surface area contributed by atoms with Crippen molar-refractivity contribution in [2.45, 2.75) is 6.54 Å². The Balaban J connectivity index is 2.17. The molecule has 0 fully saturated rings. The van der Waals surface area contributed by atoms with Gasteiger partial charge in [0.1, 0.15) is 0 Å². The van der Waals surface area contributed by atoms with Crippen LogP contribution in [0.5, 0.6) is 0 Å². The fraction of sp³-hybridized carbons (Fsp3) is 0.111. The van der Waals surface area contributed by atoms with Crippen LogP contribution in [0.25, 0.3) is 6.08 Å². The molecular weight excluding hydrogens is 200 g/mol. The maximum absolute atomic E-state index is 10.5. The highest BCUT2D eigenvalue weighted by molar-refractivity contribution is 7.77. The zero-order valence-electron chi connectivity index (χ0n) is 7.38. The maximum Gasteiger partial charge on any atom is 0.250 e. The van der Waals surface area contributed by atoms with E-state index in [2.05, 4.69) is 4.83 Å². The second-order valence-electron chi connectivity index (χ2n) is 2.98. The van der Waals surface area contributed by atoms with E-state index in [1.165, 1.54) is 0 Å². The van der Waals surface area contributed by atoms with Crippen molar-refractivity contribution in [3.8, 4) is 0 Å². The minimum Gasteiger partial charge on any atom is -0.298 e. The molecule has 1 aliphatic heterocycles. The van der Waals surface area contributed by atoms with Crippen LogP contribution in [-0.4, -0.2) is 13.8 Å². The normalized spacial score (nSPS) is 16.5. The quantitative estimate of drug-likeness (QED) is 0.719. The van der Waals surface area contributed by atoms with Crippen molar-refractivity contribution in [2.75, 3.05) is 0 Å². The Hall–Kier alpha value is -1.17. The van der Waals surface area contributed by atoms with Crippen molar-refractivity contribution in [1.82, 2.24) is 9.84 Å². The first-order valence-electron chi connectivity index (χ1n) is 4.15. The second-order valence-corrected chi connectivity index (χ2v) is 3.66. The van der Waals surface area contributed by atoms with E-state index in [4.69, 9.17) is 4.55 Å². The number of hydrazine groups is 1. The minimum atomic E-state index is -2.02. The fourth-order valence-corrected chi connectivity index (χ4v) is 1.74. The van der Waals surface area contributed by atoms with Crippen LogP contribution in [0.4, 0.5) is 0 Å². The van der Waals surface area contributed by atoms with E-state index in [1.807, 2.05) is 30.3 Å². The summed E-state index contributed by atoms with van der Waals surface area (Å²) in [5, 5.41) is 1.58. The van der Waals surface area contributed by atoms with Gasteiger partial charge in [-0.1, -0.05) is 24.3 Å². The molecule has 1 unspecified atom stereocenters. The lowest BCUT2D eigenvalue weighted by Crippen LogP contribution is -2.35. The first kappa shape index (κ1) is 9.39. The molecule has 14 heavy (non-hydrogen) atoms. The summed E-state index contributed by atoms with van der Waals surface area (Å²) in [6.07, 6.45) is 3.65. The summed E-state index contributed by atoms with van der Waals surface area (Å²) in [4.78, 5) is 2.40. The lowest BCUT2D eigenvalue weighted by molar-refractivity contribution is 0.323. The van der Waals surface area contributed by atoms with Gasteiger partial charge >= 0.3 is 0 Å². The van der Waals surface area contributed by atoms with Gasteiger partial charge in [0, 0.05) is 6.20 Å². The third-order valence-electron chi connectivity index (χ3n) is 2.03. The van der Waals surface area contributed by atoms with E-state index in [1.54, 1.807) is 11.2 Å². The lowest BCUT2D eigenvalue weighted by atomic mass is 10.1. The second kappa shape index (κ2) is 3.91. The SMILES string of the molecule is O=S(O)NN1C=Cc2ccccc2C1. The Kier molecular flexibility index (Phi) is 2.62. The molecule has 74 valence electrons. The van der Waals surface area contributed by atoms with Crippen LogP contribution < -0.4 is 4.83 Å². The van der Waals surface area contributed by atoms with Crippen molar-refractivity contribution < 1.29 is 8.76 Å². The summed E-state index contributed by atoms with van der Waals surface area (Å²) in [7, 11) is 0.